The summed E-state index contributed by atoms with van der Waals surface area (Å²) in [5.74, 6) is -1.39. The number of carbonyl (C=O) groups is 1. The Morgan fingerprint density at radius 3 is 2.44 bits per heavy atom. The quantitative estimate of drug-likeness (QED) is 0.882. The number of nitrogens with two attached hydrogens (primary N) is 1. The van der Waals surface area contributed by atoms with E-state index in [4.69, 9.17) is 10.8 Å². The average molecular weight is 298 g/mol. The highest BCUT2D eigenvalue weighted by Gasteiger charge is 2.32. The lowest BCUT2D eigenvalue weighted by Crippen LogP contribution is -2.21. The van der Waals surface area contributed by atoms with Gasteiger partial charge in [0, 0.05) is 4.47 Å². The van der Waals surface area contributed by atoms with Crippen LogP contribution in [0.5, 0.6) is 0 Å². The van der Waals surface area contributed by atoms with Crippen LogP contribution in [0.1, 0.15) is 17.2 Å². The van der Waals surface area contributed by atoms with E-state index < -0.39 is 23.8 Å². The van der Waals surface area contributed by atoms with E-state index in [0.717, 1.165) is 18.2 Å². The van der Waals surface area contributed by atoms with Crippen molar-refractivity contribution in [3.63, 3.8) is 0 Å². The lowest BCUT2D eigenvalue weighted by Gasteiger charge is -2.13. The van der Waals surface area contributed by atoms with E-state index in [1.807, 2.05) is 0 Å². The van der Waals surface area contributed by atoms with Crippen molar-refractivity contribution in [3.8, 4) is 0 Å². The van der Waals surface area contributed by atoms with Crippen LogP contribution < -0.4 is 5.73 Å². The lowest BCUT2D eigenvalue weighted by atomic mass is 10.0. The van der Waals surface area contributed by atoms with Crippen molar-refractivity contribution in [3.05, 3.63) is 33.8 Å². The third-order valence-corrected chi connectivity index (χ3v) is 2.65. The highest BCUT2D eigenvalue weighted by Crippen LogP contribution is 2.33. The summed E-state index contributed by atoms with van der Waals surface area (Å²) in [6, 6.07) is 1.21. The molecule has 0 aromatic heterocycles. The number of halogens is 4. The first-order valence-electron chi connectivity index (χ1n) is 4.08. The molecule has 0 spiro atoms. The van der Waals surface area contributed by atoms with Gasteiger partial charge in [-0.25, -0.2) is 0 Å². The third kappa shape index (κ3) is 2.73. The van der Waals surface area contributed by atoms with Gasteiger partial charge >= 0.3 is 12.1 Å². The number of alkyl halides is 3. The van der Waals surface area contributed by atoms with E-state index in [0.29, 0.717) is 0 Å². The van der Waals surface area contributed by atoms with Gasteiger partial charge in [-0.15, -0.1) is 0 Å². The van der Waals surface area contributed by atoms with Crippen LogP contribution in [0.4, 0.5) is 13.2 Å². The number of rotatable bonds is 2. The molecule has 0 aliphatic carbocycles. The maximum Gasteiger partial charge on any atom is 0.416 e. The van der Waals surface area contributed by atoms with Crippen molar-refractivity contribution in [2.24, 2.45) is 5.73 Å². The number of aliphatic carboxylic acids is 1. The summed E-state index contributed by atoms with van der Waals surface area (Å²) < 4.78 is 37.3. The van der Waals surface area contributed by atoms with Crippen LogP contribution >= 0.6 is 15.9 Å². The van der Waals surface area contributed by atoms with Crippen molar-refractivity contribution in [1.29, 1.82) is 0 Å². The summed E-state index contributed by atoms with van der Waals surface area (Å²) in [4.78, 5) is 10.6. The fourth-order valence-electron chi connectivity index (χ4n) is 1.09. The smallest absolute Gasteiger partial charge is 0.416 e. The predicted octanol–water partition coefficient (Wildman–Crippen LogP) is 2.55. The molecule has 1 aromatic rings. The minimum absolute atomic E-state index is 0.109. The van der Waals surface area contributed by atoms with Gasteiger partial charge < -0.3 is 10.8 Å². The molecule has 0 bridgehead atoms. The number of hydrogen-bond donors (Lipinski definition) is 2. The zero-order chi connectivity index (χ0) is 12.5. The Kier molecular flexibility index (Phi) is 3.59. The van der Waals surface area contributed by atoms with Crippen molar-refractivity contribution >= 4 is 21.9 Å². The van der Waals surface area contributed by atoms with Gasteiger partial charge in [-0.1, -0.05) is 15.9 Å². The molecule has 0 fully saturated rings. The van der Waals surface area contributed by atoms with Crippen LogP contribution in [0.25, 0.3) is 0 Å². The second-order valence-electron chi connectivity index (χ2n) is 3.05. The monoisotopic (exact) mass is 297 g/mol. The Bertz CT molecular complexity index is 420. The van der Waals surface area contributed by atoms with Crippen LogP contribution in [0.3, 0.4) is 0 Å². The Balaban J connectivity index is 3.24. The zero-order valence-corrected chi connectivity index (χ0v) is 9.34. The van der Waals surface area contributed by atoms with Gasteiger partial charge in [-0.2, -0.15) is 13.2 Å². The van der Waals surface area contributed by atoms with Gasteiger partial charge in [0.1, 0.15) is 6.04 Å². The molecule has 0 aliphatic rings. The molecule has 0 radical (unpaired) electrons. The normalized spacial score (nSPS) is 13.6. The Labute approximate surface area is 97.2 Å². The van der Waals surface area contributed by atoms with Crippen LogP contribution in [0.2, 0.25) is 0 Å². The molecular formula is C9H7BrF3NO2. The number of carboxylic acids is 1. The Hall–Kier alpha value is -1.08. The first-order chi connectivity index (χ1) is 7.23. The molecule has 88 valence electrons. The zero-order valence-electron chi connectivity index (χ0n) is 7.75. The lowest BCUT2D eigenvalue weighted by molar-refractivity contribution is -0.140. The molecule has 0 saturated carbocycles. The summed E-state index contributed by atoms with van der Waals surface area (Å²) in [7, 11) is 0. The van der Waals surface area contributed by atoms with Gasteiger partial charge in [0.2, 0.25) is 0 Å². The molecule has 1 rings (SSSR count). The fourth-order valence-corrected chi connectivity index (χ4v) is 1.58. The van der Waals surface area contributed by atoms with E-state index in [-0.39, 0.29) is 10.0 Å². The van der Waals surface area contributed by atoms with Crippen LogP contribution in [-0.2, 0) is 11.0 Å². The van der Waals surface area contributed by atoms with Crippen molar-refractivity contribution in [2.45, 2.75) is 12.2 Å². The molecule has 3 nitrogen and oxygen atoms in total. The van der Waals surface area contributed by atoms with Gasteiger partial charge in [0.15, 0.2) is 0 Å². The van der Waals surface area contributed by atoms with E-state index in [1.54, 1.807) is 0 Å². The Morgan fingerprint density at radius 2 is 2.00 bits per heavy atom. The molecule has 0 aliphatic heterocycles. The second-order valence-corrected chi connectivity index (χ2v) is 3.90. The standard InChI is InChI=1S/C9H7BrF3NO2/c10-6-2-1-4(9(11,12)13)3-5(6)7(14)8(15)16/h1-3,7H,14H2,(H,15,16). The topological polar surface area (TPSA) is 63.3 Å². The van der Waals surface area contributed by atoms with Crippen LogP contribution in [0.15, 0.2) is 22.7 Å². The van der Waals surface area contributed by atoms with Crippen molar-refractivity contribution in [1.82, 2.24) is 0 Å². The molecule has 1 unspecified atom stereocenters. The Morgan fingerprint density at radius 1 is 1.44 bits per heavy atom. The largest absolute Gasteiger partial charge is 0.480 e. The van der Waals surface area contributed by atoms with E-state index in [2.05, 4.69) is 15.9 Å². The van der Waals surface area contributed by atoms with E-state index in [9.17, 15) is 18.0 Å². The van der Waals surface area contributed by atoms with Gasteiger partial charge in [-0.05, 0) is 23.8 Å². The number of benzene rings is 1. The maximum atomic E-state index is 12.4. The SMILES string of the molecule is NC(C(=O)O)c1cc(C(F)(F)F)ccc1Br. The average Bonchev–Trinajstić information content (AvgIpc) is 2.15. The highest BCUT2D eigenvalue weighted by molar-refractivity contribution is 9.10. The second kappa shape index (κ2) is 4.42. The molecule has 1 aromatic carbocycles. The third-order valence-electron chi connectivity index (χ3n) is 1.92. The summed E-state index contributed by atoms with van der Waals surface area (Å²) in [5, 5.41) is 8.63. The molecule has 1 atom stereocenters. The molecule has 0 amide bonds. The van der Waals surface area contributed by atoms with Crippen molar-refractivity contribution < 1.29 is 23.1 Å². The highest BCUT2D eigenvalue weighted by atomic mass is 79.9. The molecule has 7 heteroatoms. The first-order valence-corrected chi connectivity index (χ1v) is 4.88. The van der Waals surface area contributed by atoms with Gasteiger partial charge in [0.25, 0.3) is 0 Å². The molecule has 16 heavy (non-hydrogen) atoms. The summed E-state index contributed by atoms with van der Waals surface area (Å²) in [6.07, 6.45) is -4.52. The number of hydrogen-bond acceptors (Lipinski definition) is 2. The van der Waals surface area contributed by atoms with E-state index >= 15 is 0 Å². The van der Waals surface area contributed by atoms with E-state index in [1.165, 1.54) is 0 Å². The van der Waals surface area contributed by atoms with Gasteiger partial charge in [-0.3, -0.25) is 4.79 Å². The number of carboxylic acid groups (broad SMARTS) is 1. The maximum absolute atomic E-state index is 12.4. The molecule has 0 saturated heterocycles. The van der Waals surface area contributed by atoms with Crippen molar-refractivity contribution in [2.75, 3.05) is 0 Å². The minimum Gasteiger partial charge on any atom is -0.480 e. The molecule has 0 heterocycles. The molecule has 3 N–H and O–H groups in total. The van der Waals surface area contributed by atoms with Crippen LogP contribution in [0, 0.1) is 0 Å². The summed E-state index contributed by atoms with van der Waals surface area (Å²) >= 11 is 2.96. The first kappa shape index (κ1) is 13.0. The molecular weight excluding hydrogens is 291 g/mol. The van der Waals surface area contributed by atoms with Crippen LogP contribution in [-0.4, -0.2) is 11.1 Å². The summed E-state index contributed by atoms with van der Waals surface area (Å²) in [5.41, 5.74) is 4.22. The minimum atomic E-state index is -4.52. The van der Waals surface area contributed by atoms with Gasteiger partial charge in [0.05, 0.1) is 5.56 Å². The fraction of sp³-hybridized carbons (Fsp3) is 0.222. The summed E-state index contributed by atoms with van der Waals surface area (Å²) in [6.45, 7) is 0. The predicted molar refractivity (Wildman–Crippen MR) is 53.7 cm³/mol.